The predicted octanol–water partition coefficient (Wildman–Crippen LogP) is 3.14. The molecule has 1 saturated heterocycles. The van der Waals surface area contributed by atoms with Gasteiger partial charge in [-0.25, -0.2) is 4.37 Å². The number of hydrogen-bond acceptors (Lipinski definition) is 4. The summed E-state index contributed by atoms with van der Waals surface area (Å²) < 4.78 is 10.5. The molecule has 1 aromatic heterocycles. The monoisotopic (exact) mass is 266 g/mol. The van der Waals surface area contributed by atoms with Gasteiger partial charge in [-0.2, -0.15) is 0 Å². The maximum absolute atomic E-state index is 6.25. The molecule has 1 aliphatic carbocycles. The van der Waals surface area contributed by atoms with E-state index in [1.54, 1.807) is 11.5 Å². The number of aromatic nitrogens is 1. The number of nitrogens with one attached hydrogen (secondary N) is 1. The molecule has 3 nitrogen and oxygen atoms in total. The zero-order chi connectivity index (χ0) is 12.6. The molecular weight excluding hydrogens is 244 g/mol. The van der Waals surface area contributed by atoms with E-state index < -0.39 is 0 Å². The molecule has 0 aromatic carbocycles. The first kappa shape index (κ1) is 12.6. The third-order valence-electron chi connectivity index (χ3n) is 4.56. The van der Waals surface area contributed by atoms with Gasteiger partial charge < -0.3 is 10.1 Å². The van der Waals surface area contributed by atoms with Crippen molar-refractivity contribution in [1.29, 1.82) is 0 Å². The molecule has 0 amide bonds. The molecule has 1 N–H and O–H groups in total. The number of nitrogens with zero attached hydrogens (tertiary/aromatic N) is 1. The molecular formula is C14H22N2OS. The van der Waals surface area contributed by atoms with E-state index in [9.17, 15) is 0 Å². The second kappa shape index (κ2) is 4.58. The quantitative estimate of drug-likeness (QED) is 0.848. The Kier molecular flexibility index (Phi) is 3.20. The molecule has 1 spiro atoms. The van der Waals surface area contributed by atoms with Gasteiger partial charge in [-0.1, -0.05) is 13.8 Å². The third-order valence-corrected chi connectivity index (χ3v) is 5.37. The molecule has 1 aromatic rings. The minimum atomic E-state index is 0.0142. The summed E-state index contributed by atoms with van der Waals surface area (Å²) in [5.41, 5.74) is 0.491. The molecule has 4 heteroatoms. The van der Waals surface area contributed by atoms with Gasteiger partial charge in [0, 0.05) is 17.6 Å². The van der Waals surface area contributed by atoms with E-state index >= 15 is 0 Å². The van der Waals surface area contributed by atoms with E-state index in [0.29, 0.717) is 11.5 Å². The number of ether oxygens (including phenoxy) is 1. The van der Waals surface area contributed by atoms with E-state index in [4.69, 9.17) is 4.74 Å². The molecule has 1 unspecified atom stereocenters. The van der Waals surface area contributed by atoms with Crippen molar-refractivity contribution in [1.82, 2.24) is 9.69 Å². The molecule has 18 heavy (non-hydrogen) atoms. The molecule has 0 radical (unpaired) electrons. The van der Waals surface area contributed by atoms with Crippen molar-refractivity contribution in [2.45, 2.75) is 51.2 Å². The molecule has 1 saturated carbocycles. The van der Waals surface area contributed by atoms with Gasteiger partial charge >= 0.3 is 0 Å². The number of rotatable bonds is 1. The average Bonchev–Trinajstić information content (AvgIpc) is 2.88. The Morgan fingerprint density at radius 2 is 2.11 bits per heavy atom. The van der Waals surface area contributed by atoms with Gasteiger partial charge in [-0.05, 0) is 48.7 Å². The minimum absolute atomic E-state index is 0.0142. The Balaban J connectivity index is 1.84. The summed E-state index contributed by atoms with van der Waals surface area (Å²) in [6, 6.07) is 2.48. The summed E-state index contributed by atoms with van der Waals surface area (Å²) in [5, 5.41) is 3.65. The SMILES string of the molecule is CC1(C)CCC2(CC1)OCCNC2c1ccns1. The molecule has 1 aliphatic heterocycles. The van der Waals surface area contributed by atoms with Crippen LogP contribution < -0.4 is 5.32 Å². The second-order valence-electron chi connectivity index (χ2n) is 6.38. The van der Waals surface area contributed by atoms with Crippen molar-refractivity contribution in [3.63, 3.8) is 0 Å². The summed E-state index contributed by atoms with van der Waals surface area (Å²) in [5.74, 6) is 0. The third kappa shape index (κ3) is 2.22. The van der Waals surface area contributed by atoms with Crippen molar-refractivity contribution in [3.05, 3.63) is 17.1 Å². The van der Waals surface area contributed by atoms with Crippen molar-refractivity contribution in [3.8, 4) is 0 Å². The van der Waals surface area contributed by atoms with Crippen LogP contribution in [0.25, 0.3) is 0 Å². The molecule has 100 valence electrons. The first-order valence-electron chi connectivity index (χ1n) is 6.89. The second-order valence-corrected chi connectivity index (χ2v) is 7.24. The lowest BCUT2D eigenvalue weighted by Gasteiger charge is -2.49. The highest BCUT2D eigenvalue weighted by Crippen LogP contribution is 2.48. The van der Waals surface area contributed by atoms with E-state index in [-0.39, 0.29) is 5.60 Å². The standard InChI is InChI=1S/C14H22N2OS/c1-13(2)4-6-14(7-5-13)12(15-9-10-17-14)11-3-8-16-18-11/h3,8,12,15H,4-7,9-10H2,1-2H3. The zero-order valence-electron chi connectivity index (χ0n) is 11.2. The van der Waals surface area contributed by atoms with Crippen LogP contribution in [0, 0.1) is 5.41 Å². The normalized spacial score (nSPS) is 30.4. The van der Waals surface area contributed by atoms with Crippen LogP contribution in [0.2, 0.25) is 0 Å². The van der Waals surface area contributed by atoms with Gasteiger partial charge in [0.05, 0.1) is 18.2 Å². The Bertz CT molecular complexity index is 392. The summed E-state index contributed by atoms with van der Waals surface area (Å²) in [6.45, 7) is 6.54. The van der Waals surface area contributed by atoms with Gasteiger partial charge in [0.15, 0.2) is 0 Å². The minimum Gasteiger partial charge on any atom is -0.372 e. The van der Waals surface area contributed by atoms with Crippen LogP contribution >= 0.6 is 11.5 Å². The molecule has 1 atom stereocenters. The van der Waals surface area contributed by atoms with Crippen molar-refractivity contribution in [2.75, 3.05) is 13.2 Å². The molecule has 0 bridgehead atoms. The summed E-state index contributed by atoms with van der Waals surface area (Å²) in [7, 11) is 0. The largest absolute Gasteiger partial charge is 0.372 e. The highest BCUT2D eigenvalue weighted by Gasteiger charge is 2.47. The topological polar surface area (TPSA) is 34.1 Å². The lowest BCUT2D eigenvalue weighted by Crippen LogP contribution is -2.54. The van der Waals surface area contributed by atoms with Crippen LogP contribution in [-0.2, 0) is 4.74 Å². The van der Waals surface area contributed by atoms with Crippen LogP contribution in [0.5, 0.6) is 0 Å². The van der Waals surface area contributed by atoms with Crippen LogP contribution in [0.1, 0.15) is 50.4 Å². The Hall–Kier alpha value is -0.450. The van der Waals surface area contributed by atoms with Crippen LogP contribution in [0.15, 0.2) is 12.3 Å². The lowest BCUT2D eigenvalue weighted by atomic mass is 9.68. The molecule has 2 fully saturated rings. The van der Waals surface area contributed by atoms with Crippen molar-refractivity contribution in [2.24, 2.45) is 5.41 Å². The number of hydrogen-bond donors (Lipinski definition) is 1. The van der Waals surface area contributed by atoms with E-state index in [1.165, 1.54) is 17.7 Å². The lowest BCUT2D eigenvalue weighted by molar-refractivity contribution is -0.132. The molecule has 3 rings (SSSR count). The van der Waals surface area contributed by atoms with Crippen LogP contribution in [0.3, 0.4) is 0 Å². The van der Waals surface area contributed by atoms with Crippen molar-refractivity contribution >= 4 is 11.5 Å². The van der Waals surface area contributed by atoms with Crippen LogP contribution in [-0.4, -0.2) is 23.1 Å². The molecule has 2 aliphatic rings. The molecule has 2 heterocycles. The first-order chi connectivity index (χ1) is 8.61. The van der Waals surface area contributed by atoms with E-state index in [1.807, 2.05) is 6.20 Å². The summed E-state index contributed by atoms with van der Waals surface area (Å²) >= 11 is 1.60. The Labute approximate surface area is 113 Å². The predicted molar refractivity (Wildman–Crippen MR) is 73.8 cm³/mol. The summed E-state index contributed by atoms with van der Waals surface area (Å²) in [6.07, 6.45) is 6.73. The highest BCUT2D eigenvalue weighted by molar-refractivity contribution is 7.05. The van der Waals surface area contributed by atoms with Crippen LogP contribution in [0.4, 0.5) is 0 Å². The Morgan fingerprint density at radius 1 is 1.33 bits per heavy atom. The van der Waals surface area contributed by atoms with Gasteiger partial charge in [0.1, 0.15) is 0 Å². The fraction of sp³-hybridized carbons (Fsp3) is 0.786. The zero-order valence-corrected chi connectivity index (χ0v) is 12.1. The van der Waals surface area contributed by atoms with Gasteiger partial charge in [0.25, 0.3) is 0 Å². The maximum atomic E-state index is 6.25. The number of morpholine rings is 1. The smallest absolute Gasteiger partial charge is 0.0885 e. The van der Waals surface area contributed by atoms with Crippen molar-refractivity contribution < 1.29 is 4.74 Å². The van der Waals surface area contributed by atoms with E-state index in [2.05, 4.69) is 29.6 Å². The fourth-order valence-corrected chi connectivity index (χ4v) is 4.01. The summed E-state index contributed by atoms with van der Waals surface area (Å²) in [4.78, 5) is 1.33. The first-order valence-corrected chi connectivity index (χ1v) is 7.67. The highest BCUT2D eigenvalue weighted by atomic mass is 32.1. The van der Waals surface area contributed by atoms with Gasteiger partial charge in [-0.15, -0.1) is 0 Å². The van der Waals surface area contributed by atoms with Gasteiger partial charge in [-0.3, -0.25) is 0 Å². The maximum Gasteiger partial charge on any atom is 0.0885 e. The van der Waals surface area contributed by atoms with Gasteiger partial charge in [0.2, 0.25) is 0 Å². The average molecular weight is 266 g/mol. The van der Waals surface area contributed by atoms with E-state index in [0.717, 1.165) is 26.0 Å². The fourth-order valence-electron chi connectivity index (χ4n) is 3.24. The Morgan fingerprint density at radius 3 is 2.78 bits per heavy atom.